The molecule has 7 heteroatoms. The van der Waals surface area contributed by atoms with Crippen LogP contribution in [-0.4, -0.2) is 12.5 Å². The molecule has 1 heterocycles. The van der Waals surface area contributed by atoms with Crippen molar-refractivity contribution < 1.29 is 31.1 Å². The molecule has 0 aliphatic carbocycles. The Morgan fingerprint density at radius 2 is 1.53 bits per heavy atom. The van der Waals surface area contributed by atoms with Gasteiger partial charge in [0.25, 0.3) is 5.91 Å². The van der Waals surface area contributed by atoms with Gasteiger partial charge in [0.05, 0.1) is 17.0 Å². The van der Waals surface area contributed by atoms with E-state index in [4.69, 9.17) is 16.3 Å². The van der Waals surface area contributed by atoms with Crippen LogP contribution in [0.3, 0.4) is 0 Å². The third kappa shape index (κ3) is 12.3. The Morgan fingerprint density at radius 1 is 0.895 bits per heavy atom. The van der Waals surface area contributed by atoms with Gasteiger partial charge in [-0.25, -0.2) is 0 Å². The minimum atomic E-state index is -0.157. The number of anilines is 1. The van der Waals surface area contributed by atoms with Gasteiger partial charge in [0.15, 0.2) is 12.7 Å². The summed E-state index contributed by atoms with van der Waals surface area (Å²) in [6.45, 7) is 3.73. The number of nitrogens with zero attached hydrogens (tertiary/aromatic N) is 1. The van der Waals surface area contributed by atoms with Crippen molar-refractivity contribution in [2.75, 3.05) is 11.9 Å². The van der Waals surface area contributed by atoms with E-state index in [1.807, 2.05) is 48.0 Å². The van der Waals surface area contributed by atoms with Gasteiger partial charge in [-0.15, -0.1) is 0 Å². The van der Waals surface area contributed by atoms with Gasteiger partial charge in [0.2, 0.25) is 5.51 Å². The molecule has 3 rings (SSSR count). The van der Waals surface area contributed by atoms with E-state index >= 15 is 0 Å². The fraction of sp³-hybridized carbons (Fsp3) is 0.484. The Hall–Kier alpha value is -1.89. The van der Waals surface area contributed by atoms with Crippen LogP contribution in [0, 0.1) is 0 Å². The fourth-order valence-electron chi connectivity index (χ4n) is 4.35. The molecular weight excluding hydrogens is 580 g/mol. The minimum Gasteiger partial charge on any atom is -1.00 e. The van der Waals surface area contributed by atoms with E-state index in [1.165, 1.54) is 70.6 Å². The molecule has 0 aliphatic rings. The first-order valence-corrected chi connectivity index (χ1v) is 15.2. The number of hydrogen-bond acceptors (Lipinski definition) is 3. The zero-order valence-electron chi connectivity index (χ0n) is 22.6. The maximum Gasteiger partial charge on any atom is 0.255 e. The smallest absolute Gasteiger partial charge is 0.255 e. The third-order valence-corrected chi connectivity index (χ3v) is 7.52. The number of thiazole rings is 1. The Balaban J connectivity index is 0.00000507. The third-order valence-electron chi connectivity index (χ3n) is 6.55. The highest BCUT2D eigenvalue weighted by atomic mass is 79.9. The molecule has 0 spiro atoms. The van der Waals surface area contributed by atoms with Gasteiger partial charge in [0.1, 0.15) is 5.75 Å². The van der Waals surface area contributed by atoms with Crippen LogP contribution < -0.4 is 31.6 Å². The number of hydrogen-bond donors (Lipinski definition) is 1. The molecule has 0 atom stereocenters. The summed E-state index contributed by atoms with van der Waals surface area (Å²) in [6, 6.07) is 13.1. The standard InChI is InChI=1S/C31H41ClN2O2S.BrH/c1-2-3-4-5-6-7-8-9-10-11-12-13-21-36-30-19-18-28(23-29(30)32)33-31(35)27-16-14-26(15-17-27)24-34-20-22-37-25-34;/h14-20,22-23,25H,2-13,21,24H2,1H3;1H. The Kier molecular flexibility index (Phi) is 16.3. The molecule has 1 N–H and O–H groups in total. The van der Waals surface area contributed by atoms with Gasteiger partial charge in [-0.3, -0.25) is 4.79 Å². The van der Waals surface area contributed by atoms with Gasteiger partial charge in [-0.05, 0) is 36.8 Å². The maximum absolute atomic E-state index is 12.7. The molecular formula is C31H42BrClN2O2S. The summed E-state index contributed by atoms with van der Waals surface area (Å²) in [5.74, 6) is 0.508. The second kappa shape index (κ2) is 19.2. The normalized spacial score (nSPS) is 10.7. The number of benzene rings is 2. The Morgan fingerprint density at radius 3 is 2.11 bits per heavy atom. The Bertz CT molecular complexity index is 1040. The second-order valence-electron chi connectivity index (χ2n) is 9.73. The first kappa shape index (κ1) is 32.3. The number of aromatic nitrogens is 1. The van der Waals surface area contributed by atoms with Crippen molar-refractivity contribution in [2.24, 2.45) is 0 Å². The van der Waals surface area contributed by atoms with Gasteiger partial charge in [-0.2, -0.15) is 4.57 Å². The first-order valence-electron chi connectivity index (χ1n) is 13.9. The van der Waals surface area contributed by atoms with Crippen molar-refractivity contribution >= 4 is 34.5 Å². The molecule has 0 radical (unpaired) electrons. The average Bonchev–Trinajstić information content (AvgIpc) is 3.41. The Labute approximate surface area is 248 Å². The molecule has 0 bridgehead atoms. The van der Waals surface area contributed by atoms with Crippen molar-refractivity contribution in [3.63, 3.8) is 0 Å². The van der Waals surface area contributed by atoms with Crippen molar-refractivity contribution in [2.45, 2.75) is 90.5 Å². The molecule has 0 saturated heterocycles. The van der Waals surface area contributed by atoms with Crippen molar-refractivity contribution in [3.8, 4) is 5.75 Å². The first-order chi connectivity index (χ1) is 18.2. The van der Waals surface area contributed by atoms with E-state index in [0.29, 0.717) is 28.6 Å². The van der Waals surface area contributed by atoms with Crippen LogP contribution in [0.25, 0.3) is 0 Å². The highest BCUT2D eigenvalue weighted by Crippen LogP contribution is 2.28. The van der Waals surface area contributed by atoms with E-state index in [-0.39, 0.29) is 22.9 Å². The average molecular weight is 622 g/mol. The lowest BCUT2D eigenvalue weighted by molar-refractivity contribution is -0.683. The lowest BCUT2D eigenvalue weighted by atomic mass is 10.1. The molecule has 1 aromatic heterocycles. The summed E-state index contributed by atoms with van der Waals surface area (Å²) in [6.07, 6.45) is 17.9. The largest absolute Gasteiger partial charge is 1.00 e. The van der Waals surface area contributed by atoms with Crippen LogP contribution in [-0.2, 0) is 6.54 Å². The van der Waals surface area contributed by atoms with Crippen LogP contribution in [0.15, 0.2) is 59.6 Å². The molecule has 0 aliphatic heterocycles. The lowest BCUT2D eigenvalue weighted by Gasteiger charge is -2.11. The predicted octanol–water partition coefficient (Wildman–Crippen LogP) is 6.07. The van der Waals surface area contributed by atoms with Crippen molar-refractivity contribution in [1.82, 2.24) is 0 Å². The molecule has 0 fully saturated rings. The van der Waals surface area contributed by atoms with Gasteiger partial charge in [-0.1, -0.05) is 113 Å². The summed E-state index contributed by atoms with van der Waals surface area (Å²) in [5, 5.41) is 5.48. The quantitative estimate of drug-likeness (QED) is 0.138. The number of carbonyl (C=O) groups is 1. The molecule has 4 nitrogen and oxygen atoms in total. The highest BCUT2D eigenvalue weighted by Gasteiger charge is 2.10. The molecule has 2 aromatic carbocycles. The summed E-state index contributed by atoms with van der Waals surface area (Å²) in [7, 11) is 0. The van der Waals surface area contributed by atoms with Crippen molar-refractivity contribution in [3.05, 3.63) is 75.7 Å². The van der Waals surface area contributed by atoms with E-state index in [0.717, 1.165) is 18.5 Å². The molecule has 38 heavy (non-hydrogen) atoms. The second-order valence-corrected chi connectivity index (χ2v) is 10.9. The minimum absolute atomic E-state index is 0. The van der Waals surface area contributed by atoms with Crippen molar-refractivity contribution in [1.29, 1.82) is 0 Å². The monoisotopic (exact) mass is 620 g/mol. The molecule has 0 saturated carbocycles. The number of amides is 1. The summed E-state index contributed by atoms with van der Waals surface area (Å²) < 4.78 is 8.00. The SMILES string of the molecule is CCCCCCCCCCCCCCOc1ccc(NC(=O)c2ccc(C[n+]3ccsc3)cc2)cc1Cl.[Br-]. The number of nitrogens with one attached hydrogen (secondary N) is 1. The maximum atomic E-state index is 12.7. The zero-order chi connectivity index (χ0) is 26.1. The fourth-order valence-corrected chi connectivity index (χ4v) is 5.18. The lowest BCUT2D eigenvalue weighted by Crippen LogP contribution is -3.00. The number of rotatable bonds is 18. The van der Waals surface area contributed by atoms with Crippen LogP contribution in [0.5, 0.6) is 5.75 Å². The molecule has 0 unspecified atom stereocenters. The van der Waals surface area contributed by atoms with Crippen LogP contribution in [0.2, 0.25) is 5.02 Å². The highest BCUT2D eigenvalue weighted by molar-refractivity contribution is 7.07. The zero-order valence-corrected chi connectivity index (χ0v) is 25.8. The number of carbonyl (C=O) groups excluding carboxylic acids is 1. The summed E-state index contributed by atoms with van der Waals surface area (Å²) in [5.41, 5.74) is 4.49. The van der Waals surface area contributed by atoms with E-state index in [1.54, 1.807) is 17.4 Å². The topological polar surface area (TPSA) is 42.2 Å². The van der Waals surface area contributed by atoms with Crippen LogP contribution >= 0.6 is 22.9 Å². The van der Waals surface area contributed by atoms with Gasteiger partial charge < -0.3 is 27.0 Å². The molecule has 3 aromatic rings. The summed E-state index contributed by atoms with van der Waals surface area (Å²) >= 11 is 8.08. The van der Waals surface area contributed by atoms with E-state index < -0.39 is 0 Å². The van der Waals surface area contributed by atoms with Gasteiger partial charge in [0, 0.05) is 16.8 Å². The van der Waals surface area contributed by atoms with Gasteiger partial charge >= 0.3 is 0 Å². The number of unbranched alkanes of at least 4 members (excludes halogenated alkanes) is 11. The number of ether oxygens (including phenoxy) is 1. The number of halogens is 2. The molecule has 1 amide bonds. The van der Waals surface area contributed by atoms with Crippen LogP contribution in [0.4, 0.5) is 5.69 Å². The molecule has 208 valence electrons. The van der Waals surface area contributed by atoms with Crippen LogP contribution in [0.1, 0.15) is 99.9 Å². The summed E-state index contributed by atoms with van der Waals surface area (Å²) in [4.78, 5) is 12.7. The van der Waals surface area contributed by atoms with E-state index in [9.17, 15) is 4.79 Å². The predicted molar refractivity (Wildman–Crippen MR) is 156 cm³/mol. The van der Waals surface area contributed by atoms with E-state index in [2.05, 4.69) is 22.3 Å².